The largest absolute Gasteiger partial charge is 0.494 e. The van der Waals surface area contributed by atoms with Gasteiger partial charge in [-0.3, -0.25) is 4.98 Å². The number of ether oxygens (including phenoxy) is 1. The predicted molar refractivity (Wildman–Crippen MR) is 90.3 cm³/mol. The summed E-state index contributed by atoms with van der Waals surface area (Å²) in [6.45, 7) is 0. The first kappa shape index (κ1) is 14.2. The van der Waals surface area contributed by atoms with Gasteiger partial charge in [0.15, 0.2) is 0 Å². The maximum Gasteiger partial charge on any atom is 0.335 e. The zero-order valence-electron chi connectivity index (χ0n) is 12.8. The summed E-state index contributed by atoms with van der Waals surface area (Å²) in [5.74, 6) is 0.388. The molecule has 0 saturated carbocycles. The first-order valence-electron chi connectivity index (χ1n) is 7.32. The number of aromatic carboxylic acids is 1. The Kier molecular flexibility index (Phi) is 3.16. The molecule has 0 saturated heterocycles. The molecule has 2 aromatic carbocycles. The summed E-state index contributed by atoms with van der Waals surface area (Å²) in [6, 6.07) is 12.4. The van der Waals surface area contributed by atoms with Gasteiger partial charge in [-0.15, -0.1) is 0 Å². The van der Waals surface area contributed by atoms with Gasteiger partial charge in [-0.05, 0) is 36.4 Å². The minimum Gasteiger partial charge on any atom is -0.494 e. The average molecular weight is 319 g/mol. The van der Waals surface area contributed by atoms with Crippen molar-refractivity contribution in [2.24, 2.45) is 0 Å². The molecule has 6 heteroatoms. The number of pyridine rings is 1. The van der Waals surface area contributed by atoms with Crippen LogP contribution in [-0.2, 0) is 0 Å². The minimum atomic E-state index is -0.966. The van der Waals surface area contributed by atoms with E-state index in [9.17, 15) is 4.79 Å². The Bertz CT molecular complexity index is 1090. The third kappa shape index (κ3) is 2.16. The Balaban J connectivity index is 1.94. The molecular weight excluding hydrogens is 306 g/mol. The molecule has 0 aliphatic carbocycles. The molecule has 6 nitrogen and oxygen atoms in total. The van der Waals surface area contributed by atoms with Crippen molar-refractivity contribution >= 4 is 27.9 Å². The zero-order valence-corrected chi connectivity index (χ0v) is 12.8. The van der Waals surface area contributed by atoms with Gasteiger partial charge < -0.3 is 14.8 Å². The number of H-pyrrole nitrogens is 1. The van der Waals surface area contributed by atoms with Crippen molar-refractivity contribution in [3.63, 3.8) is 0 Å². The second kappa shape index (κ2) is 5.34. The van der Waals surface area contributed by atoms with Crippen LogP contribution in [0.1, 0.15) is 10.4 Å². The lowest BCUT2D eigenvalue weighted by Gasteiger charge is -2.07. The fraction of sp³-hybridized carbons (Fsp3) is 0.0556. The van der Waals surface area contributed by atoms with Crippen molar-refractivity contribution in [2.75, 3.05) is 7.11 Å². The van der Waals surface area contributed by atoms with Gasteiger partial charge in [-0.25, -0.2) is 9.78 Å². The number of carboxylic acids is 1. The molecule has 0 spiro atoms. The van der Waals surface area contributed by atoms with Gasteiger partial charge >= 0.3 is 5.97 Å². The van der Waals surface area contributed by atoms with Gasteiger partial charge in [-0.1, -0.05) is 6.07 Å². The Hall–Kier alpha value is -3.41. The normalized spacial score (nSPS) is 11.0. The van der Waals surface area contributed by atoms with E-state index < -0.39 is 5.97 Å². The summed E-state index contributed by atoms with van der Waals surface area (Å²) in [6.07, 6.45) is 1.71. The van der Waals surface area contributed by atoms with Crippen LogP contribution in [0.25, 0.3) is 33.3 Å². The Labute approximate surface area is 136 Å². The maximum absolute atomic E-state index is 11.1. The molecule has 2 N–H and O–H groups in total. The van der Waals surface area contributed by atoms with E-state index in [4.69, 9.17) is 9.84 Å². The highest BCUT2D eigenvalue weighted by molar-refractivity contribution is 5.98. The second-order valence-electron chi connectivity index (χ2n) is 5.34. The van der Waals surface area contributed by atoms with Crippen LogP contribution in [0.4, 0.5) is 0 Å². The van der Waals surface area contributed by atoms with E-state index >= 15 is 0 Å². The lowest BCUT2D eigenvalue weighted by Crippen LogP contribution is -1.94. The fourth-order valence-electron chi connectivity index (χ4n) is 2.79. The summed E-state index contributed by atoms with van der Waals surface area (Å²) in [5, 5.41) is 10.0. The first-order valence-corrected chi connectivity index (χ1v) is 7.32. The number of benzene rings is 2. The van der Waals surface area contributed by atoms with Gasteiger partial charge in [-0.2, -0.15) is 0 Å². The van der Waals surface area contributed by atoms with Crippen LogP contribution in [-0.4, -0.2) is 33.1 Å². The number of aromatic amines is 1. The number of methoxy groups -OCH3 is 1. The Morgan fingerprint density at radius 1 is 1.21 bits per heavy atom. The molecule has 4 rings (SSSR count). The number of nitrogens with zero attached hydrogens (tertiary/aromatic N) is 2. The third-order valence-corrected chi connectivity index (χ3v) is 3.94. The summed E-state index contributed by atoms with van der Waals surface area (Å²) >= 11 is 0. The van der Waals surface area contributed by atoms with E-state index in [1.165, 1.54) is 0 Å². The number of carbonyl (C=O) groups is 1. The Morgan fingerprint density at radius 3 is 2.88 bits per heavy atom. The zero-order chi connectivity index (χ0) is 16.7. The molecule has 0 fully saturated rings. The molecule has 24 heavy (non-hydrogen) atoms. The van der Waals surface area contributed by atoms with Crippen molar-refractivity contribution in [2.45, 2.75) is 0 Å². The molecule has 2 aromatic heterocycles. The molecule has 0 atom stereocenters. The number of fused-ring (bicyclic) bond motifs is 2. The first-order chi connectivity index (χ1) is 11.7. The van der Waals surface area contributed by atoms with Crippen molar-refractivity contribution in [3.8, 4) is 17.1 Å². The number of rotatable bonds is 3. The van der Waals surface area contributed by atoms with E-state index in [-0.39, 0.29) is 5.56 Å². The van der Waals surface area contributed by atoms with E-state index in [2.05, 4.69) is 15.0 Å². The van der Waals surface area contributed by atoms with E-state index in [1.807, 2.05) is 24.3 Å². The molecule has 0 aliphatic rings. The molecule has 0 radical (unpaired) electrons. The smallest absolute Gasteiger partial charge is 0.335 e. The molecule has 0 amide bonds. The van der Waals surface area contributed by atoms with Crippen LogP contribution in [0.2, 0.25) is 0 Å². The lowest BCUT2D eigenvalue weighted by atomic mass is 10.1. The van der Waals surface area contributed by atoms with Gasteiger partial charge in [0.2, 0.25) is 0 Å². The van der Waals surface area contributed by atoms with Crippen molar-refractivity contribution in [1.82, 2.24) is 15.0 Å². The third-order valence-electron chi connectivity index (χ3n) is 3.94. The lowest BCUT2D eigenvalue weighted by molar-refractivity contribution is 0.0697. The fourth-order valence-corrected chi connectivity index (χ4v) is 2.79. The predicted octanol–water partition coefficient (Wildman–Crippen LogP) is 3.48. The summed E-state index contributed by atoms with van der Waals surface area (Å²) in [5.41, 5.74) is 3.25. The molecule has 0 bridgehead atoms. The van der Waals surface area contributed by atoms with E-state index in [0.29, 0.717) is 22.6 Å². The monoisotopic (exact) mass is 319 g/mol. The molecule has 0 aliphatic heterocycles. The van der Waals surface area contributed by atoms with Gasteiger partial charge in [0.1, 0.15) is 17.1 Å². The number of imidazole rings is 1. The van der Waals surface area contributed by atoms with Crippen LogP contribution >= 0.6 is 0 Å². The SMILES string of the molecule is COc1ccc(-c2nc3ccc(C(=O)O)cc3[nH]2)c2cccnc12. The van der Waals surface area contributed by atoms with E-state index in [0.717, 1.165) is 16.5 Å². The van der Waals surface area contributed by atoms with Crippen LogP contribution in [0, 0.1) is 0 Å². The molecule has 2 heterocycles. The van der Waals surface area contributed by atoms with Gasteiger partial charge in [0.05, 0.1) is 23.7 Å². The molecular formula is C18H13N3O3. The number of aromatic nitrogens is 3. The summed E-state index contributed by atoms with van der Waals surface area (Å²) in [7, 11) is 1.61. The Morgan fingerprint density at radius 2 is 2.08 bits per heavy atom. The molecule has 0 unspecified atom stereocenters. The van der Waals surface area contributed by atoms with Crippen LogP contribution in [0.3, 0.4) is 0 Å². The summed E-state index contributed by atoms with van der Waals surface area (Å²) < 4.78 is 5.36. The van der Waals surface area contributed by atoms with Gasteiger partial charge in [0.25, 0.3) is 0 Å². The highest BCUT2D eigenvalue weighted by Gasteiger charge is 2.13. The van der Waals surface area contributed by atoms with Crippen molar-refractivity contribution in [1.29, 1.82) is 0 Å². The highest BCUT2D eigenvalue weighted by Crippen LogP contribution is 2.32. The van der Waals surface area contributed by atoms with Crippen molar-refractivity contribution < 1.29 is 14.6 Å². The van der Waals surface area contributed by atoms with Crippen LogP contribution in [0.5, 0.6) is 5.75 Å². The summed E-state index contributed by atoms with van der Waals surface area (Å²) in [4.78, 5) is 23.3. The molecule has 4 aromatic rings. The number of hydrogen-bond donors (Lipinski definition) is 2. The van der Waals surface area contributed by atoms with Gasteiger partial charge in [0, 0.05) is 17.1 Å². The maximum atomic E-state index is 11.1. The molecule has 118 valence electrons. The second-order valence-corrected chi connectivity index (χ2v) is 5.34. The van der Waals surface area contributed by atoms with E-state index in [1.54, 1.807) is 31.5 Å². The topological polar surface area (TPSA) is 88.1 Å². The number of hydrogen-bond acceptors (Lipinski definition) is 4. The number of carboxylic acid groups (broad SMARTS) is 1. The quantitative estimate of drug-likeness (QED) is 0.603. The average Bonchev–Trinajstić information content (AvgIpc) is 3.03. The van der Waals surface area contributed by atoms with Crippen LogP contribution < -0.4 is 4.74 Å². The van der Waals surface area contributed by atoms with Crippen LogP contribution in [0.15, 0.2) is 48.7 Å². The number of nitrogens with one attached hydrogen (secondary N) is 1. The minimum absolute atomic E-state index is 0.221. The highest BCUT2D eigenvalue weighted by atomic mass is 16.5. The standard InChI is InChI=1S/C18H13N3O3/c1-24-15-7-5-12(11-3-2-8-19-16(11)15)17-20-13-6-4-10(18(22)23)9-14(13)21-17/h2-9H,1H3,(H,20,21)(H,22,23). The van der Waals surface area contributed by atoms with Crippen molar-refractivity contribution in [3.05, 3.63) is 54.2 Å².